The number of halogens is 1. The molecule has 11 heteroatoms. The number of amides is 2. The third-order valence-corrected chi connectivity index (χ3v) is 9.65. The second-order valence-corrected chi connectivity index (χ2v) is 13.1. The van der Waals surface area contributed by atoms with E-state index >= 15 is 0 Å². The van der Waals surface area contributed by atoms with Crippen LogP contribution in [0.1, 0.15) is 60.6 Å². The van der Waals surface area contributed by atoms with E-state index in [2.05, 4.69) is 56.8 Å². The highest BCUT2D eigenvalue weighted by atomic mass is 35.5. The van der Waals surface area contributed by atoms with Crippen molar-refractivity contribution in [3.8, 4) is 5.75 Å². The summed E-state index contributed by atoms with van der Waals surface area (Å²) in [5, 5.41) is 10.2. The van der Waals surface area contributed by atoms with Crippen LogP contribution >= 0.6 is 11.6 Å². The molecule has 3 aliphatic heterocycles. The van der Waals surface area contributed by atoms with Crippen molar-refractivity contribution in [3.63, 3.8) is 0 Å². The van der Waals surface area contributed by atoms with Crippen LogP contribution in [0.25, 0.3) is 0 Å². The van der Waals surface area contributed by atoms with Gasteiger partial charge in [0.2, 0.25) is 11.8 Å². The highest BCUT2D eigenvalue weighted by Crippen LogP contribution is 2.30. The SMILES string of the molecule is CN1C[C@H](Nc2cnn(C)c(=O)c2Cl)C[C@H](c2ccc(CN3CCC(Oc4ccc(C5CCC(=O)NC5=O)cc4)CC3)cc2)C1. The number of carbonyl (C=O) groups excluding carboxylic acids is 2. The fourth-order valence-electron chi connectivity index (χ4n) is 6.82. The van der Waals surface area contributed by atoms with Crippen molar-refractivity contribution < 1.29 is 14.3 Å². The monoisotopic (exact) mass is 632 g/mol. The Kier molecular flexibility index (Phi) is 9.53. The molecular formula is C34H41ClN6O4. The van der Waals surface area contributed by atoms with Crippen molar-refractivity contribution in [1.29, 1.82) is 0 Å². The summed E-state index contributed by atoms with van der Waals surface area (Å²) in [6, 6.07) is 16.9. The summed E-state index contributed by atoms with van der Waals surface area (Å²) in [5.41, 5.74) is 3.84. The quantitative estimate of drug-likeness (QED) is 0.360. The molecule has 6 rings (SSSR count). The summed E-state index contributed by atoms with van der Waals surface area (Å²) in [5.74, 6) is 0.506. The molecule has 2 aromatic carbocycles. The van der Waals surface area contributed by atoms with Gasteiger partial charge in [-0.3, -0.25) is 24.6 Å². The molecule has 10 nitrogen and oxygen atoms in total. The standard InChI is InChI=1S/C34H41ClN6O4/c1-39-20-25(17-26(21-39)37-30-18-36-40(2)34(44)32(30)35)23-5-3-22(4-6-23)19-41-15-13-28(14-16-41)45-27-9-7-24(8-10-27)29-11-12-31(42)38-33(29)43/h3-10,18,25-26,28-29,37H,11-17,19-21H2,1-2H3,(H,38,42,43)/t25-,26+,29?/m0/s1. The summed E-state index contributed by atoms with van der Waals surface area (Å²) in [6.07, 6.45) is 5.59. The minimum Gasteiger partial charge on any atom is -0.490 e. The van der Waals surface area contributed by atoms with E-state index in [0.717, 1.165) is 63.3 Å². The smallest absolute Gasteiger partial charge is 0.287 e. The molecule has 0 saturated carbocycles. The molecular weight excluding hydrogens is 592 g/mol. The van der Waals surface area contributed by atoms with Crippen LogP contribution in [0.2, 0.25) is 5.02 Å². The second kappa shape index (κ2) is 13.7. The van der Waals surface area contributed by atoms with E-state index in [4.69, 9.17) is 16.3 Å². The molecule has 3 saturated heterocycles. The fraction of sp³-hybridized carbons (Fsp3) is 0.471. The minimum atomic E-state index is -0.298. The second-order valence-electron chi connectivity index (χ2n) is 12.7. The number of aryl methyl sites for hydroxylation is 1. The molecule has 238 valence electrons. The summed E-state index contributed by atoms with van der Waals surface area (Å²) in [6.45, 7) is 4.71. The van der Waals surface area contributed by atoms with Crippen LogP contribution in [-0.2, 0) is 23.2 Å². The van der Waals surface area contributed by atoms with E-state index in [-0.39, 0.29) is 40.5 Å². The number of nitrogens with zero attached hydrogens (tertiary/aromatic N) is 4. The molecule has 4 heterocycles. The lowest BCUT2D eigenvalue weighted by atomic mass is 9.87. The Labute approximate surface area is 268 Å². The number of nitrogens with one attached hydrogen (secondary N) is 2. The first-order valence-electron chi connectivity index (χ1n) is 15.8. The van der Waals surface area contributed by atoms with Gasteiger partial charge in [0, 0.05) is 52.2 Å². The zero-order chi connectivity index (χ0) is 31.5. The molecule has 2 amide bonds. The maximum Gasteiger partial charge on any atom is 0.287 e. The van der Waals surface area contributed by atoms with Crippen LogP contribution in [-0.4, -0.2) is 76.8 Å². The van der Waals surface area contributed by atoms with Gasteiger partial charge in [-0.05, 0) is 67.5 Å². The lowest BCUT2D eigenvalue weighted by molar-refractivity contribution is -0.134. The molecule has 45 heavy (non-hydrogen) atoms. The van der Waals surface area contributed by atoms with E-state index in [1.165, 1.54) is 15.8 Å². The number of anilines is 1. The van der Waals surface area contributed by atoms with Gasteiger partial charge in [-0.15, -0.1) is 0 Å². The van der Waals surface area contributed by atoms with Gasteiger partial charge in [0.05, 0.1) is 17.8 Å². The number of ether oxygens (including phenoxy) is 1. The lowest BCUT2D eigenvalue weighted by Crippen LogP contribution is -2.43. The summed E-state index contributed by atoms with van der Waals surface area (Å²) < 4.78 is 7.52. The number of rotatable bonds is 8. The summed E-state index contributed by atoms with van der Waals surface area (Å²) in [4.78, 5) is 40.6. The summed E-state index contributed by atoms with van der Waals surface area (Å²) in [7, 11) is 3.72. The Morgan fingerprint density at radius 2 is 1.67 bits per heavy atom. The Bertz CT molecular complexity index is 1570. The maximum atomic E-state index is 12.2. The van der Waals surface area contributed by atoms with Crippen LogP contribution < -0.4 is 20.9 Å². The average Bonchev–Trinajstić information content (AvgIpc) is 3.03. The van der Waals surface area contributed by atoms with Gasteiger partial charge in [-0.1, -0.05) is 48.0 Å². The number of aromatic nitrogens is 2. The molecule has 3 atom stereocenters. The Hall–Kier alpha value is -3.73. The lowest BCUT2D eigenvalue weighted by Gasteiger charge is -2.37. The Balaban J connectivity index is 0.973. The molecule has 1 aromatic heterocycles. The van der Waals surface area contributed by atoms with Crippen molar-refractivity contribution in [3.05, 3.63) is 86.8 Å². The average molecular weight is 633 g/mol. The Morgan fingerprint density at radius 1 is 0.956 bits per heavy atom. The van der Waals surface area contributed by atoms with Crippen molar-refractivity contribution in [1.82, 2.24) is 24.9 Å². The number of hydrogen-bond donors (Lipinski definition) is 2. The predicted molar refractivity (Wildman–Crippen MR) is 174 cm³/mol. The van der Waals surface area contributed by atoms with E-state index in [0.29, 0.717) is 24.4 Å². The maximum absolute atomic E-state index is 12.2. The third kappa shape index (κ3) is 7.57. The number of benzene rings is 2. The highest BCUT2D eigenvalue weighted by Gasteiger charge is 2.29. The van der Waals surface area contributed by atoms with Gasteiger partial charge in [0.1, 0.15) is 16.9 Å². The van der Waals surface area contributed by atoms with Crippen LogP contribution in [0.3, 0.4) is 0 Å². The fourth-order valence-corrected chi connectivity index (χ4v) is 7.04. The van der Waals surface area contributed by atoms with Gasteiger partial charge in [0.25, 0.3) is 5.56 Å². The largest absolute Gasteiger partial charge is 0.490 e. The molecule has 0 bridgehead atoms. The van der Waals surface area contributed by atoms with Gasteiger partial charge in [-0.25, -0.2) is 4.68 Å². The first-order chi connectivity index (χ1) is 21.7. The van der Waals surface area contributed by atoms with Crippen LogP contribution in [0.5, 0.6) is 5.75 Å². The van der Waals surface area contributed by atoms with Gasteiger partial charge >= 0.3 is 0 Å². The normalized spacial score (nSPS) is 23.5. The van der Waals surface area contributed by atoms with Crippen molar-refractivity contribution in [2.45, 2.75) is 62.6 Å². The van der Waals surface area contributed by atoms with E-state index < -0.39 is 0 Å². The van der Waals surface area contributed by atoms with Crippen molar-refractivity contribution in [2.75, 3.05) is 38.5 Å². The highest BCUT2D eigenvalue weighted by molar-refractivity contribution is 6.32. The van der Waals surface area contributed by atoms with Crippen LogP contribution in [0.4, 0.5) is 5.69 Å². The minimum absolute atomic E-state index is 0.159. The molecule has 3 aliphatic rings. The first kappa shape index (κ1) is 31.3. The van der Waals surface area contributed by atoms with Gasteiger partial charge < -0.3 is 15.0 Å². The van der Waals surface area contributed by atoms with Crippen molar-refractivity contribution in [2.24, 2.45) is 7.05 Å². The zero-order valence-electron chi connectivity index (χ0n) is 25.9. The molecule has 0 radical (unpaired) electrons. The van der Waals surface area contributed by atoms with Gasteiger partial charge in [-0.2, -0.15) is 5.10 Å². The molecule has 1 unspecified atom stereocenters. The number of imide groups is 1. The zero-order valence-corrected chi connectivity index (χ0v) is 26.6. The topological polar surface area (TPSA) is 109 Å². The number of likely N-dealkylation sites (tertiary alicyclic amines) is 2. The number of likely N-dealkylation sites (N-methyl/N-ethyl adjacent to an activating group) is 1. The number of hydrogen-bond acceptors (Lipinski definition) is 8. The number of carbonyl (C=O) groups is 2. The molecule has 3 aromatic rings. The molecule has 0 spiro atoms. The van der Waals surface area contributed by atoms with Crippen LogP contribution in [0, 0.1) is 0 Å². The molecule has 0 aliphatic carbocycles. The molecule has 2 N–H and O–H groups in total. The van der Waals surface area contributed by atoms with E-state index in [1.54, 1.807) is 13.2 Å². The molecule has 3 fully saturated rings. The predicted octanol–water partition coefficient (Wildman–Crippen LogP) is 3.90. The van der Waals surface area contributed by atoms with E-state index in [1.807, 2.05) is 24.3 Å². The third-order valence-electron chi connectivity index (χ3n) is 9.29. The van der Waals surface area contributed by atoms with E-state index in [9.17, 15) is 14.4 Å². The Morgan fingerprint density at radius 3 is 2.38 bits per heavy atom. The van der Waals surface area contributed by atoms with Crippen LogP contribution in [0.15, 0.2) is 59.5 Å². The van der Waals surface area contributed by atoms with Crippen molar-refractivity contribution >= 4 is 29.1 Å². The number of piperidine rings is 3. The first-order valence-corrected chi connectivity index (χ1v) is 16.2. The van der Waals surface area contributed by atoms with Gasteiger partial charge in [0.15, 0.2) is 0 Å². The summed E-state index contributed by atoms with van der Waals surface area (Å²) >= 11 is 6.31.